The Kier molecular flexibility index (Phi) is 4.83. The summed E-state index contributed by atoms with van der Waals surface area (Å²) in [5.41, 5.74) is 0.966. The first-order valence-electron chi connectivity index (χ1n) is 7.20. The van der Waals surface area contributed by atoms with Gasteiger partial charge < -0.3 is 15.2 Å². The highest BCUT2D eigenvalue weighted by Crippen LogP contribution is 2.29. The maximum Gasteiger partial charge on any atom is 0.118 e. The van der Waals surface area contributed by atoms with Gasteiger partial charge in [0.1, 0.15) is 5.75 Å². The Bertz CT molecular complexity index is 390. The summed E-state index contributed by atoms with van der Waals surface area (Å²) in [5.74, 6) is 1.05. The second-order valence-corrected chi connectivity index (χ2v) is 5.68. The van der Waals surface area contributed by atoms with Crippen LogP contribution in [0, 0.1) is 5.92 Å². The van der Waals surface area contributed by atoms with E-state index in [9.17, 15) is 5.11 Å². The van der Waals surface area contributed by atoms with E-state index in [4.69, 9.17) is 4.74 Å². The number of hydrogen-bond acceptors (Lipinski definition) is 3. The highest BCUT2D eigenvalue weighted by Gasteiger charge is 2.28. The lowest BCUT2D eigenvalue weighted by atomic mass is 9.85. The highest BCUT2D eigenvalue weighted by molar-refractivity contribution is 5.28. The Hall–Kier alpha value is -1.06. The SMILES string of the molecule is COc1ccc(C(O)C(C)C2CCCC(C)N2)cc1. The number of hydrogen-bond donors (Lipinski definition) is 2. The molecule has 0 saturated carbocycles. The van der Waals surface area contributed by atoms with Crippen molar-refractivity contribution in [2.45, 2.75) is 51.3 Å². The Morgan fingerprint density at radius 1 is 1.26 bits per heavy atom. The maximum absolute atomic E-state index is 10.5. The van der Waals surface area contributed by atoms with E-state index in [1.165, 1.54) is 12.8 Å². The summed E-state index contributed by atoms with van der Waals surface area (Å²) < 4.78 is 5.15. The average molecular weight is 263 g/mol. The number of benzene rings is 1. The molecule has 0 aromatic heterocycles. The minimum atomic E-state index is -0.422. The molecule has 1 saturated heterocycles. The number of piperidine rings is 1. The number of nitrogens with one attached hydrogen (secondary N) is 1. The first kappa shape index (κ1) is 14.4. The van der Waals surface area contributed by atoms with Crippen molar-refractivity contribution in [1.29, 1.82) is 0 Å². The van der Waals surface area contributed by atoms with E-state index in [0.29, 0.717) is 12.1 Å². The summed E-state index contributed by atoms with van der Waals surface area (Å²) in [6.07, 6.45) is 3.22. The van der Waals surface area contributed by atoms with Crippen LogP contribution >= 0.6 is 0 Å². The van der Waals surface area contributed by atoms with E-state index in [1.807, 2.05) is 24.3 Å². The van der Waals surface area contributed by atoms with E-state index in [2.05, 4.69) is 19.2 Å². The van der Waals surface area contributed by atoms with E-state index < -0.39 is 6.10 Å². The molecule has 4 unspecified atom stereocenters. The van der Waals surface area contributed by atoms with Crippen molar-refractivity contribution in [3.8, 4) is 5.75 Å². The quantitative estimate of drug-likeness (QED) is 0.877. The standard InChI is InChI=1S/C16H25NO2/c1-11-5-4-6-15(17-11)12(2)16(18)13-7-9-14(19-3)10-8-13/h7-12,15-18H,4-6H2,1-3H3. The lowest BCUT2D eigenvalue weighted by molar-refractivity contribution is 0.0810. The number of aliphatic hydroxyl groups excluding tert-OH is 1. The summed E-state index contributed by atoms with van der Waals surface area (Å²) in [6, 6.07) is 8.67. The maximum atomic E-state index is 10.5. The summed E-state index contributed by atoms with van der Waals surface area (Å²) >= 11 is 0. The molecule has 1 aliphatic heterocycles. The molecule has 3 heteroatoms. The van der Waals surface area contributed by atoms with Gasteiger partial charge in [0.2, 0.25) is 0 Å². The van der Waals surface area contributed by atoms with Crippen LogP contribution in [0.2, 0.25) is 0 Å². The van der Waals surface area contributed by atoms with Crippen LogP contribution in [0.3, 0.4) is 0 Å². The van der Waals surface area contributed by atoms with Gasteiger partial charge in [0.25, 0.3) is 0 Å². The molecular formula is C16H25NO2. The average Bonchev–Trinajstić information content (AvgIpc) is 2.46. The summed E-state index contributed by atoms with van der Waals surface area (Å²) in [7, 11) is 1.65. The molecule has 19 heavy (non-hydrogen) atoms. The van der Waals surface area contributed by atoms with Gasteiger partial charge in [0, 0.05) is 18.0 Å². The van der Waals surface area contributed by atoms with Crippen molar-refractivity contribution in [2.75, 3.05) is 7.11 Å². The highest BCUT2D eigenvalue weighted by atomic mass is 16.5. The predicted octanol–water partition coefficient (Wildman–Crippen LogP) is 2.90. The van der Waals surface area contributed by atoms with Crippen molar-refractivity contribution in [3.63, 3.8) is 0 Å². The summed E-state index contributed by atoms with van der Waals surface area (Å²) in [6.45, 7) is 4.35. The third kappa shape index (κ3) is 3.48. The topological polar surface area (TPSA) is 41.5 Å². The van der Waals surface area contributed by atoms with Crippen LogP contribution in [0.15, 0.2) is 24.3 Å². The van der Waals surface area contributed by atoms with Crippen LogP contribution in [-0.2, 0) is 0 Å². The van der Waals surface area contributed by atoms with Gasteiger partial charge in [-0.3, -0.25) is 0 Å². The number of ether oxygens (including phenoxy) is 1. The van der Waals surface area contributed by atoms with Gasteiger partial charge in [-0.15, -0.1) is 0 Å². The Morgan fingerprint density at radius 2 is 1.95 bits per heavy atom. The monoisotopic (exact) mass is 263 g/mol. The number of rotatable bonds is 4. The van der Waals surface area contributed by atoms with Gasteiger partial charge >= 0.3 is 0 Å². The third-order valence-electron chi connectivity index (χ3n) is 4.24. The molecule has 1 fully saturated rings. The molecule has 0 bridgehead atoms. The molecule has 1 aliphatic rings. The molecule has 2 rings (SSSR count). The first-order chi connectivity index (χ1) is 9.11. The van der Waals surface area contributed by atoms with Crippen LogP contribution in [0.25, 0.3) is 0 Å². The molecule has 0 radical (unpaired) electrons. The molecule has 2 N–H and O–H groups in total. The Labute approximate surface area is 116 Å². The largest absolute Gasteiger partial charge is 0.497 e. The molecular weight excluding hydrogens is 238 g/mol. The zero-order valence-electron chi connectivity index (χ0n) is 12.1. The van der Waals surface area contributed by atoms with Crippen LogP contribution in [0.1, 0.15) is 44.8 Å². The number of methoxy groups -OCH3 is 1. The summed E-state index contributed by atoms with van der Waals surface area (Å²) in [5, 5.41) is 14.1. The molecule has 106 valence electrons. The molecule has 4 atom stereocenters. The Morgan fingerprint density at radius 3 is 2.53 bits per heavy atom. The van der Waals surface area contributed by atoms with Crippen LogP contribution in [0.4, 0.5) is 0 Å². The lowest BCUT2D eigenvalue weighted by Gasteiger charge is -2.35. The minimum absolute atomic E-state index is 0.219. The smallest absolute Gasteiger partial charge is 0.118 e. The van der Waals surface area contributed by atoms with E-state index in [-0.39, 0.29) is 5.92 Å². The number of aliphatic hydroxyl groups is 1. The molecule has 3 nitrogen and oxygen atoms in total. The van der Waals surface area contributed by atoms with Crippen molar-refractivity contribution >= 4 is 0 Å². The zero-order chi connectivity index (χ0) is 13.8. The predicted molar refractivity (Wildman–Crippen MR) is 77.4 cm³/mol. The van der Waals surface area contributed by atoms with Crippen molar-refractivity contribution in [2.24, 2.45) is 5.92 Å². The Balaban J connectivity index is 2.02. The third-order valence-corrected chi connectivity index (χ3v) is 4.24. The van der Waals surface area contributed by atoms with Crippen molar-refractivity contribution in [1.82, 2.24) is 5.32 Å². The normalized spacial score (nSPS) is 26.7. The molecule has 0 spiro atoms. The molecule has 1 aromatic rings. The van der Waals surface area contributed by atoms with Crippen LogP contribution in [0.5, 0.6) is 5.75 Å². The molecule has 1 heterocycles. The zero-order valence-corrected chi connectivity index (χ0v) is 12.1. The molecule has 1 aromatic carbocycles. The van der Waals surface area contributed by atoms with Gasteiger partial charge in [0.05, 0.1) is 13.2 Å². The van der Waals surface area contributed by atoms with E-state index in [0.717, 1.165) is 17.7 Å². The first-order valence-corrected chi connectivity index (χ1v) is 7.20. The van der Waals surface area contributed by atoms with Crippen molar-refractivity contribution in [3.05, 3.63) is 29.8 Å². The lowest BCUT2D eigenvalue weighted by Crippen LogP contribution is -2.45. The fourth-order valence-electron chi connectivity index (χ4n) is 2.92. The fourth-order valence-corrected chi connectivity index (χ4v) is 2.92. The fraction of sp³-hybridized carbons (Fsp3) is 0.625. The van der Waals surface area contributed by atoms with E-state index >= 15 is 0 Å². The van der Waals surface area contributed by atoms with Gasteiger partial charge in [-0.05, 0) is 37.5 Å². The van der Waals surface area contributed by atoms with Crippen LogP contribution < -0.4 is 10.1 Å². The second kappa shape index (κ2) is 6.40. The van der Waals surface area contributed by atoms with Crippen molar-refractivity contribution < 1.29 is 9.84 Å². The minimum Gasteiger partial charge on any atom is -0.497 e. The van der Waals surface area contributed by atoms with Gasteiger partial charge in [-0.25, -0.2) is 0 Å². The molecule has 0 aliphatic carbocycles. The van der Waals surface area contributed by atoms with Crippen LogP contribution in [-0.4, -0.2) is 24.3 Å². The van der Waals surface area contributed by atoms with Gasteiger partial charge in [-0.2, -0.15) is 0 Å². The summed E-state index contributed by atoms with van der Waals surface area (Å²) in [4.78, 5) is 0. The van der Waals surface area contributed by atoms with Gasteiger partial charge in [0.15, 0.2) is 0 Å². The second-order valence-electron chi connectivity index (χ2n) is 5.68. The van der Waals surface area contributed by atoms with E-state index in [1.54, 1.807) is 7.11 Å². The molecule has 0 amide bonds. The van der Waals surface area contributed by atoms with Gasteiger partial charge in [-0.1, -0.05) is 25.5 Å².